The zero-order valence-corrected chi connectivity index (χ0v) is 23.5. The number of hydrogen-bond donors (Lipinski definition) is 3. The number of aliphatic hydroxyl groups is 2. The van der Waals surface area contributed by atoms with E-state index in [2.05, 4.69) is 16.0 Å². The SMILES string of the molecule is N#C/C(=C(\O)C[n+]1ccn(CCCN2CC(O)=C(c3nc4ccccc4s3)C2=N)c1)c1nc2ccccc2s1.[Cl-]. The monoisotopic (exact) mass is 589 g/mol. The van der Waals surface area contributed by atoms with Gasteiger partial charge in [0, 0.05) is 13.0 Å². The summed E-state index contributed by atoms with van der Waals surface area (Å²) in [4.78, 5) is 11.0. The molecule has 0 spiro atoms. The van der Waals surface area contributed by atoms with Gasteiger partial charge >= 0.3 is 0 Å². The molecule has 9 nitrogen and oxygen atoms in total. The first-order valence-corrected chi connectivity index (χ1v) is 14.0. The highest BCUT2D eigenvalue weighted by Crippen LogP contribution is 2.33. The second-order valence-electron chi connectivity index (χ2n) is 9.18. The highest BCUT2D eigenvalue weighted by molar-refractivity contribution is 7.20. The number of para-hydroxylation sites is 2. The van der Waals surface area contributed by atoms with E-state index in [1.165, 1.54) is 22.7 Å². The molecular weight excluding hydrogens is 566 g/mol. The molecule has 0 fully saturated rings. The van der Waals surface area contributed by atoms with E-state index in [1.54, 1.807) is 0 Å². The molecule has 0 amide bonds. The van der Waals surface area contributed by atoms with Crippen molar-refractivity contribution < 1.29 is 27.2 Å². The maximum atomic E-state index is 10.7. The molecule has 1 aliphatic rings. The quantitative estimate of drug-likeness (QED) is 0.145. The third kappa shape index (κ3) is 5.29. The van der Waals surface area contributed by atoms with E-state index in [-0.39, 0.29) is 36.0 Å². The van der Waals surface area contributed by atoms with Gasteiger partial charge in [-0.1, -0.05) is 24.3 Å². The Kier molecular flexibility index (Phi) is 7.84. The number of thiazole rings is 2. The Hall–Kier alpha value is -4.24. The van der Waals surface area contributed by atoms with Crippen molar-refractivity contribution in [3.05, 3.63) is 88.8 Å². The number of imidazole rings is 1. The Labute approximate surface area is 244 Å². The Morgan fingerprint density at radius 1 is 1.05 bits per heavy atom. The minimum Gasteiger partial charge on any atom is -1.00 e. The molecule has 0 aliphatic carbocycles. The fraction of sp³-hybridized carbons (Fsp3) is 0.179. The number of halogens is 1. The first-order valence-electron chi connectivity index (χ1n) is 12.3. The molecule has 0 bridgehead atoms. The third-order valence-corrected chi connectivity index (χ3v) is 8.63. The lowest BCUT2D eigenvalue weighted by atomic mass is 10.2. The minimum absolute atomic E-state index is 0. The van der Waals surface area contributed by atoms with Gasteiger partial charge in [0.2, 0.25) is 6.33 Å². The molecule has 0 saturated carbocycles. The van der Waals surface area contributed by atoms with Gasteiger partial charge in [-0.3, -0.25) is 5.41 Å². The minimum atomic E-state index is -0.0336. The van der Waals surface area contributed by atoms with Gasteiger partial charge in [-0.05, 0) is 24.3 Å². The van der Waals surface area contributed by atoms with Crippen molar-refractivity contribution in [3.63, 3.8) is 0 Å². The van der Waals surface area contributed by atoms with E-state index in [0.29, 0.717) is 41.1 Å². The van der Waals surface area contributed by atoms with Crippen LogP contribution in [0.4, 0.5) is 0 Å². The number of allylic oxidation sites excluding steroid dienone is 2. The Morgan fingerprint density at radius 3 is 2.45 bits per heavy atom. The number of fused-ring (bicyclic) bond motifs is 2. The van der Waals surface area contributed by atoms with Crippen molar-refractivity contribution in [3.8, 4) is 6.07 Å². The van der Waals surface area contributed by atoms with Crippen molar-refractivity contribution in [2.75, 3.05) is 13.1 Å². The number of aryl methyl sites for hydroxylation is 1. The highest BCUT2D eigenvalue weighted by Gasteiger charge is 2.30. The number of nitriles is 1. The first-order chi connectivity index (χ1) is 19.0. The summed E-state index contributed by atoms with van der Waals surface area (Å²) < 4.78 is 5.81. The lowest BCUT2D eigenvalue weighted by molar-refractivity contribution is -0.691. The normalized spacial score (nSPS) is 14.1. The summed E-state index contributed by atoms with van der Waals surface area (Å²) in [6.07, 6.45) is 6.39. The molecule has 0 atom stereocenters. The molecule has 4 heterocycles. The molecule has 2 aromatic carbocycles. The second-order valence-corrected chi connectivity index (χ2v) is 11.2. The fourth-order valence-corrected chi connectivity index (χ4v) is 6.62. The molecule has 0 saturated heterocycles. The molecule has 3 aromatic heterocycles. The van der Waals surface area contributed by atoms with Gasteiger partial charge in [-0.15, -0.1) is 22.7 Å². The van der Waals surface area contributed by atoms with E-state index in [0.717, 1.165) is 26.9 Å². The fourth-order valence-electron chi connectivity index (χ4n) is 4.60. The Balaban J connectivity index is 0.00000323. The number of nitrogens with zero attached hydrogens (tertiary/aromatic N) is 6. The average Bonchev–Trinajstić information content (AvgIpc) is 3.70. The smallest absolute Gasteiger partial charge is 0.244 e. The maximum absolute atomic E-state index is 10.7. The van der Waals surface area contributed by atoms with Crippen LogP contribution in [0.1, 0.15) is 16.4 Å². The van der Waals surface area contributed by atoms with Gasteiger partial charge in [0.05, 0.1) is 39.1 Å². The molecule has 6 rings (SSSR count). The van der Waals surface area contributed by atoms with E-state index in [1.807, 2.05) is 81.3 Å². The zero-order chi connectivity index (χ0) is 26.9. The first kappa shape index (κ1) is 27.3. The van der Waals surface area contributed by atoms with E-state index in [9.17, 15) is 15.5 Å². The zero-order valence-electron chi connectivity index (χ0n) is 21.2. The van der Waals surface area contributed by atoms with Crippen LogP contribution in [0.3, 0.4) is 0 Å². The largest absolute Gasteiger partial charge is 1.00 e. The standard InChI is InChI=1S/C28H23N7O2S2.ClH/c29-14-18(27-31-19-6-1-3-8-23(19)38-27)21(36)15-34-13-12-33(17-34)10-5-11-35-16-22(37)25(26(35)30)28-32-20-7-2-4-9-24(20)39-28;/h1-4,6-9,12-13,17H,5,10-11,15-16H2,(H2-,30,31,32,36,37);1H. The number of amidine groups is 1. The Morgan fingerprint density at radius 2 is 1.75 bits per heavy atom. The molecule has 40 heavy (non-hydrogen) atoms. The van der Waals surface area contributed by atoms with E-state index >= 15 is 0 Å². The predicted octanol–water partition coefficient (Wildman–Crippen LogP) is 2.14. The molecule has 12 heteroatoms. The maximum Gasteiger partial charge on any atom is 0.244 e. The third-order valence-electron chi connectivity index (χ3n) is 6.52. The lowest BCUT2D eigenvalue weighted by Crippen LogP contribution is -3.00. The van der Waals surface area contributed by atoms with Crippen molar-refractivity contribution in [2.24, 2.45) is 0 Å². The van der Waals surface area contributed by atoms with Gasteiger partial charge < -0.3 is 27.5 Å². The molecule has 0 radical (unpaired) electrons. The molecule has 5 aromatic rings. The number of hydrogen-bond acceptors (Lipinski definition) is 8. The van der Waals surface area contributed by atoms with Crippen LogP contribution in [0, 0.1) is 16.7 Å². The molecule has 1 aliphatic heterocycles. The van der Waals surface area contributed by atoms with Crippen LogP contribution in [-0.4, -0.2) is 48.6 Å². The van der Waals surface area contributed by atoms with E-state index < -0.39 is 0 Å². The Bertz CT molecular complexity index is 1760. The summed E-state index contributed by atoms with van der Waals surface area (Å²) in [5.74, 6) is 0.443. The van der Waals surface area contributed by atoms with Crippen LogP contribution in [0.25, 0.3) is 31.6 Å². The predicted molar refractivity (Wildman–Crippen MR) is 152 cm³/mol. The molecule has 202 valence electrons. The molecular formula is C28H24ClN7O2S2. The van der Waals surface area contributed by atoms with Crippen LogP contribution in [0.15, 0.2) is 78.8 Å². The number of aliphatic hydroxyl groups excluding tert-OH is 2. The van der Waals surface area contributed by atoms with E-state index in [4.69, 9.17) is 5.41 Å². The summed E-state index contributed by atoms with van der Waals surface area (Å²) in [5, 5.41) is 40.8. The van der Waals surface area contributed by atoms with Crippen molar-refractivity contribution in [2.45, 2.75) is 19.5 Å². The van der Waals surface area contributed by atoms with Crippen molar-refractivity contribution >= 4 is 60.1 Å². The van der Waals surface area contributed by atoms with Crippen LogP contribution >= 0.6 is 22.7 Å². The van der Waals surface area contributed by atoms with Crippen LogP contribution < -0.4 is 17.0 Å². The second kappa shape index (κ2) is 11.5. The van der Waals surface area contributed by atoms with Crippen LogP contribution in [0.5, 0.6) is 0 Å². The molecule has 0 unspecified atom stereocenters. The van der Waals surface area contributed by atoms with Crippen molar-refractivity contribution in [1.82, 2.24) is 19.4 Å². The molecule has 3 N–H and O–H groups in total. The highest BCUT2D eigenvalue weighted by atomic mass is 35.5. The number of benzene rings is 2. The van der Waals surface area contributed by atoms with Gasteiger partial charge in [0.1, 0.15) is 52.2 Å². The van der Waals surface area contributed by atoms with Gasteiger partial charge in [-0.25, -0.2) is 19.1 Å². The summed E-state index contributed by atoms with van der Waals surface area (Å²) in [7, 11) is 0. The van der Waals surface area contributed by atoms with Gasteiger partial charge in [-0.2, -0.15) is 5.26 Å². The van der Waals surface area contributed by atoms with Crippen LogP contribution in [0.2, 0.25) is 0 Å². The van der Waals surface area contributed by atoms with Gasteiger partial charge in [0.15, 0.2) is 5.76 Å². The summed E-state index contributed by atoms with van der Waals surface area (Å²) in [5.41, 5.74) is 2.37. The number of nitrogens with one attached hydrogen (secondary N) is 1. The number of aromatic nitrogens is 4. The summed E-state index contributed by atoms with van der Waals surface area (Å²) in [6, 6.07) is 17.6. The van der Waals surface area contributed by atoms with Crippen molar-refractivity contribution in [1.29, 1.82) is 10.7 Å². The summed E-state index contributed by atoms with van der Waals surface area (Å²) in [6.45, 7) is 1.77. The number of rotatable bonds is 8. The van der Waals surface area contributed by atoms with Crippen LogP contribution in [-0.2, 0) is 13.1 Å². The summed E-state index contributed by atoms with van der Waals surface area (Å²) >= 11 is 2.87. The topological polar surface area (TPSA) is 126 Å². The van der Waals surface area contributed by atoms with Gasteiger partial charge in [0.25, 0.3) is 0 Å². The average molecular weight is 590 g/mol. The lowest BCUT2D eigenvalue weighted by Gasteiger charge is -2.17.